The van der Waals surface area contributed by atoms with Crippen molar-refractivity contribution in [3.8, 4) is 0 Å². The summed E-state index contributed by atoms with van der Waals surface area (Å²) in [6.07, 6.45) is 0.721. The van der Waals surface area contributed by atoms with Crippen LogP contribution in [0, 0.1) is 6.92 Å². The number of halogens is 1. The number of aryl methyl sites for hydroxylation is 1. The van der Waals surface area contributed by atoms with Crippen LogP contribution in [0.5, 0.6) is 0 Å². The minimum atomic E-state index is -0.894. The molecule has 1 aromatic carbocycles. The van der Waals surface area contributed by atoms with Crippen molar-refractivity contribution in [2.24, 2.45) is 0 Å². The average molecular weight is 351 g/mol. The highest BCUT2D eigenvalue weighted by Crippen LogP contribution is 2.23. The van der Waals surface area contributed by atoms with E-state index in [1.807, 2.05) is 19.1 Å². The van der Waals surface area contributed by atoms with Gasteiger partial charge in [-0.25, -0.2) is 4.79 Å². The van der Waals surface area contributed by atoms with Crippen molar-refractivity contribution in [3.63, 3.8) is 0 Å². The molecule has 0 aliphatic heterocycles. The Morgan fingerprint density at radius 3 is 2.71 bits per heavy atom. The number of esters is 1. The van der Waals surface area contributed by atoms with Crippen molar-refractivity contribution in [3.05, 3.63) is 52.3 Å². The molecule has 0 aliphatic carbocycles. The van der Waals surface area contributed by atoms with Crippen molar-refractivity contribution in [1.29, 1.82) is 0 Å². The molecule has 0 aliphatic rings. The molecule has 0 spiro atoms. The van der Waals surface area contributed by atoms with Gasteiger partial charge in [-0.1, -0.05) is 6.07 Å². The second-order valence-corrected chi connectivity index (χ2v) is 5.46. The maximum Gasteiger partial charge on any atom is 0.355 e. The van der Waals surface area contributed by atoms with Gasteiger partial charge in [0, 0.05) is 10.7 Å². The van der Waals surface area contributed by atoms with Crippen LogP contribution in [0.3, 0.4) is 0 Å². The van der Waals surface area contributed by atoms with E-state index in [1.54, 1.807) is 24.4 Å². The summed E-state index contributed by atoms with van der Waals surface area (Å²) in [6.45, 7) is 3.48. The minimum absolute atomic E-state index is 0.311. The highest BCUT2D eigenvalue weighted by molar-refractivity contribution is 9.10. The van der Waals surface area contributed by atoms with E-state index < -0.39 is 12.1 Å². The molecule has 21 heavy (non-hydrogen) atoms. The third-order valence-electron chi connectivity index (χ3n) is 2.85. The summed E-state index contributed by atoms with van der Waals surface area (Å²) in [7, 11) is 0. The molecule has 1 heterocycles. The van der Waals surface area contributed by atoms with Crippen LogP contribution in [0.2, 0.25) is 0 Å². The first kappa shape index (κ1) is 15.3. The summed E-state index contributed by atoms with van der Waals surface area (Å²) in [4.78, 5) is 26.5. The Morgan fingerprint density at radius 2 is 2.10 bits per heavy atom. The van der Waals surface area contributed by atoms with Crippen molar-refractivity contribution in [2.75, 3.05) is 5.32 Å². The second-order valence-electron chi connectivity index (χ2n) is 4.60. The summed E-state index contributed by atoms with van der Waals surface area (Å²) in [5.74, 6) is -0.954. The van der Waals surface area contributed by atoms with Crippen LogP contribution >= 0.6 is 15.9 Å². The smallest absolute Gasteiger partial charge is 0.355 e. The van der Waals surface area contributed by atoms with Crippen LogP contribution in [0.1, 0.15) is 23.0 Å². The Balaban J connectivity index is 1.98. The summed E-state index contributed by atoms with van der Waals surface area (Å²) in [5.41, 5.74) is 2.02. The zero-order valence-electron chi connectivity index (χ0n) is 11.6. The number of rotatable bonds is 4. The van der Waals surface area contributed by atoms with Gasteiger partial charge in [-0.2, -0.15) is 0 Å². The molecule has 110 valence electrons. The monoisotopic (exact) mass is 350 g/mol. The number of anilines is 1. The molecule has 0 fully saturated rings. The van der Waals surface area contributed by atoms with E-state index in [4.69, 9.17) is 4.74 Å². The zero-order valence-corrected chi connectivity index (χ0v) is 13.2. The van der Waals surface area contributed by atoms with E-state index in [-0.39, 0.29) is 5.91 Å². The van der Waals surface area contributed by atoms with E-state index in [9.17, 15) is 9.59 Å². The predicted octanol–water partition coefficient (Wildman–Crippen LogP) is 3.27. The van der Waals surface area contributed by atoms with Gasteiger partial charge in [0.2, 0.25) is 0 Å². The summed E-state index contributed by atoms with van der Waals surface area (Å²) in [5, 5.41) is 2.71. The lowest BCUT2D eigenvalue weighted by Crippen LogP contribution is -2.30. The zero-order chi connectivity index (χ0) is 15.4. The summed E-state index contributed by atoms with van der Waals surface area (Å²) in [6, 6.07) is 8.84. The molecule has 1 atom stereocenters. The second kappa shape index (κ2) is 6.58. The normalized spacial score (nSPS) is 11.8. The van der Waals surface area contributed by atoms with Gasteiger partial charge in [-0.15, -0.1) is 0 Å². The molecule has 2 rings (SSSR count). The molecule has 2 N–H and O–H groups in total. The molecular weight excluding hydrogens is 336 g/mol. The quantitative estimate of drug-likeness (QED) is 0.831. The number of aromatic nitrogens is 1. The van der Waals surface area contributed by atoms with Crippen LogP contribution in [-0.2, 0) is 9.53 Å². The summed E-state index contributed by atoms with van der Waals surface area (Å²) < 4.78 is 5.87. The topological polar surface area (TPSA) is 71.2 Å². The highest BCUT2D eigenvalue weighted by atomic mass is 79.9. The lowest BCUT2D eigenvalue weighted by atomic mass is 10.2. The standard InChI is InChI=1S/C15H15BrN2O3/c1-9-5-6-12(11(16)8-9)18-14(19)10(2)21-15(20)13-4-3-7-17-13/h3-8,10,17H,1-2H3,(H,18,19)/t10-/m0/s1. The van der Waals surface area contributed by atoms with Gasteiger partial charge in [0.15, 0.2) is 6.10 Å². The SMILES string of the molecule is Cc1ccc(NC(=O)[C@H](C)OC(=O)c2ccc[nH]2)c(Br)c1. The number of ether oxygens (including phenoxy) is 1. The van der Waals surface area contributed by atoms with Gasteiger partial charge >= 0.3 is 5.97 Å². The Morgan fingerprint density at radius 1 is 1.33 bits per heavy atom. The Kier molecular flexibility index (Phi) is 4.80. The van der Waals surface area contributed by atoms with E-state index in [0.29, 0.717) is 11.4 Å². The van der Waals surface area contributed by atoms with E-state index in [0.717, 1.165) is 10.0 Å². The largest absolute Gasteiger partial charge is 0.448 e. The van der Waals surface area contributed by atoms with Crippen LogP contribution in [0.25, 0.3) is 0 Å². The number of amides is 1. The van der Waals surface area contributed by atoms with Crippen molar-refractivity contribution in [1.82, 2.24) is 4.98 Å². The first-order valence-corrected chi connectivity index (χ1v) is 7.18. The molecule has 0 unspecified atom stereocenters. The van der Waals surface area contributed by atoms with Gasteiger partial charge in [0.05, 0.1) is 5.69 Å². The number of H-pyrrole nitrogens is 1. The number of carbonyl (C=O) groups is 2. The molecule has 1 amide bonds. The van der Waals surface area contributed by atoms with E-state index >= 15 is 0 Å². The third-order valence-corrected chi connectivity index (χ3v) is 3.51. The lowest BCUT2D eigenvalue weighted by Gasteiger charge is -2.14. The third kappa shape index (κ3) is 3.95. The highest BCUT2D eigenvalue weighted by Gasteiger charge is 2.20. The molecule has 2 aromatic rings. The van der Waals surface area contributed by atoms with Gasteiger partial charge in [-0.05, 0) is 59.6 Å². The van der Waals surface area contributed by atoms with Gasteiger partial charge in [0.25, 0.3) is 5.91 Å². The number of carbonyl (C=O) groups excluding carboxylic acids is 2. The van der Waals surface area contributed by atoms with Crippen LogP contribution < -0.4 is 5.32 Å². The Labute approximate surface area is 130 Å². The molecule has 0 bridgehead atoms. The molecule has 1 aromatic heterocycles. The Bertz CT molecular complexity index is 653. The number of hydrogen-bond acceptors (Lipinski definition) is 3. The fraction of sp³-hybridized carbons (Fsp3) is 0.200. The Hall–Kier alpha value is -2.08. The fourth-order valence-corrected chi connectivity index (χ4v) is 2.28. The van der Waals surface area contributed by atoms with Crippen molar-refractivity contribution in [2.45, 2.75) is 20.0 Å². The van der Waals surface area contributed by atoms with Crippen molar-refractivity contribution >= 4 is 33.5 Å². The van der Waals surface area contributed by atoms with Gasteiger partial charge in [-0.3, -0.25) is 4.79 Å². The predicted molar refractivity (Wildman–Crippen MR) is 83.2 cm³/mol. The maximum absolute atomic E-state index is 12.0. The van der Waals surface area contributed by atoms with Crippen LogP contribution in [0.15, 0.2) is 41.0 Å². The first-order valence-electron chi connectivity index (χ1n) is 6.39. The van der Waals surface area contributed by atoms with E-state index in [1.165, 1.54) is 6.92 Å². The van der Waals surface area contributed by atoms with Crippen LogP contribution in [-0.4, -0.2) is 23.0 Å². The molecule has 6 heteroatoms. The molecule has 5 nitrogen and oxygen atoms in total. The average Bonchev–Trinajstić information content (AvgIpc) is 2.95. The van der Waals surface area contributed by atoms with E-state index in [2.05, 4.69) is 26.2 Å². The molecule has 0 saturated heterocycles. The number of aromatic amines is 1. The lowest BCUT2D eigenvalue weighted by molar-refractivity contribution is -0.123. The minimum Gasteiger partial charge on any atom is -0.448 e. The molecule has 0 saturated carbocycles. The van der Waals surface area contributed by atoms with Crippen molar-refractivity contribution < 1.29 is 14.3 Å². The maximum atomic E-state index is 12.0. The fourth-order valence-electron chi connectivity index (χ4n) is 1.69. The summed E-state index contributed by atoms with van der Waals surface area (Å²) >= 11 is 3.38. The van der Waals surface area contributed by atoms with Crippen LogP contribution in [0.4, 0.5) is 5.69 Å². The number of hydrogen-bond donors (Lipinski definition) is 2. The first-order chi connectivity index (χ1) is 9.97. The number of nitrogens with one attached hydrogen (secondary N) is 2. The van der Waals surface area contributed by atoms with Gasteiger partial charge in [0.1, 0.15) is 5.69 Å². The number of benzene rings is 1. The van der Waals surface area contributed by atoms with Gasteiger partial charge < -0.3 is 15.0 Å². The molecular formula is C15H15BrN2O3. The molecule has 0 radical (unpaired) electrons.